The first kappa shape index (κ1) is 28.6. The summed E-state index contributed by atoms with van der Waals surface area (Å²) in [7, 11) is 1.39. The number of amides is 3. The molecule has 3 aromatic heterocycles. The standard InChI is InChI=1S/C26H28F2N10O4/c1-4-16(40)7-32-25(42)36(3)22-20(12-39)38(13-33-22)14(2)23(41)35-21-9-29-8-19(34-21)15-5-30-24(31-6-15)37-10-17-18(11-37)26(17,27)28/h5-6,8-9,12-14,17-18H,4,7,10-11H2,1-3H3,(H,32,42)(H,34,35,41)/t14-,17?,18?/m0/s1. The van der Waals surface area contributed by atoms with Crippen LogP contribution < -0.4 is 20.4 Å². The first-order chi connectivity index (χ1) is 20.0. The summed E-state index contributed by atoms with van der Waals surface area (Å²) in [5.74, 6) is -4.08. The van der Waals surface area contributed by atoms with Gasteiger partial charge in [-0.2, -0.15) is 0 Å². The number of aromatic nitrogens is 6. The zero-order valence-electron chi connectivity index (χ0n) is 23.0. The smallest absolute Gasteiger partial charge is 0.323 e. The van der Waals surface area contributed by atoms with Gasteiger partial charge < -0.3 is 20.1 Å². The lowest BCUT2D eigenvalue weighted by Gasteiger charge is -2.19. The van der Waals surface area contributed by atoms with E-state index < -0.39 is 35.7 Å². The van der Waals surface area contributed by atoms with Crippen LogP contribution in [0.1, 0.15) is 36.8 Å². The molecule has 42 heavy (non-hydrogen) atoms. The Morgan fingerprint density at radius 1 is 1.14 bits per heavy atom. The monoisotopic (exact) mass is 582 g/mol. The summed E-state index contributed by atoms with van der Waals surface area (Å²) < 4.78 is 28.3. The number of nitrogens with one attached hydrogen (secondary N) is 2. The third-order valence-electron chi connectivity index (χ3n) is 7.48. The van der Waals surface area contributed by atoms with Gasteiger partial charge in [-0.15, -0.1) is 0 Å². The van der Waals surface area contributed by atoms with Crippen molar-refractivity contribution >= 4 is 41.6 Å². The van der Waals surface area contributed by atoms with Crippen LogP contribution >= 0.6 is 0 Å². The second-order valence-electron chi connectivity index (χ2n) is 10.1. The second-order valence-corrected chi connectivity index (χ2v) is 10.1. The molecule has 2 N–H and O–H groups in total. The fourth-order valence-corrected chi connectivity index (χ4v) is 4.77. The molecule has 1 aliphatic carbocycles. The minimum atomic E-state index is -2.59. The second kappa shape index (κ2) is 11.2. The van der Waals surface area contributed by atoms with Gasteiger partial charge in [0.25, 0.3) is 5.92 Å². The maximum atomic E-state index is 13.5. The average Bonchev–Trinajstić information content (AvgIpc) is 3.41. The number of Topliss-reactive ketones (excluding diaryl/α,β-unsaturated/α-hetero) is 1. The van der Waals surface area contributed by atoms with Gasteiger partial charge in [0.15, 0.2) is 23.7 Å². The summed E-state index contributed by atoms with van der Waals surface area (Å²) in [4.78, 5) is 72.9. The molecule has 5 rings (SSSR count). The first-order valence-electron chi connectivity index (χ1n) is 13.2. The largest absolute Gasteiger partial charge is 0.340 e. The number of alkyl halides is 2. The Kier molecular flexibility index (Phi) is 7.62. The number of hydrogen-bond acceptors (Lipinski definition) is 10. The number of carbonyl (C=O) groups excluding carboxylic acids is 4. The fraction of sp³-hybridized carbons (Fsp3) is 0.423. The van der Waals surface area contributed by atoms with Gasteiger partial charge in [0.2, 0.25) is 11.9 Å². The van der Waals surface area contributed by atoms with Gasteiger partial charge >= 0.3 is 6.03 Å². The van der Waals surface area contributed by atoms with E-state index in [4.69, 9.17) is 0 Å². The van der Waals surface area contributed by atoms with Crippen molar-refractivity contribution in [3.63, 3.8) is 0 Å². The number of imidazole rings is 1. The quantitative estimate of drug-likeness (QED) is 0.337. The topological polar surface area (TPSA) is 168 Å². The number of piperidine rings is 1. The molecule has 1 aliphatic heterocycles. The highest BCUT2D eigenvalue weighted by atomic mass is 19.3. The zero-order chi connectivity index (χ0) is 30.2. The Labute approximate surface area is 238 Å². The molecule has 0 spiro atoms. The van der Waals surface area contributed by atoms with Crippen LogP contribution in [0.15, 0.2) is 31.1 Å². The maximum Gasteiger partial charge on any atom is 0.323 e. The molecule has 0 aromatic carbocycles. The van der Waals surface area contributed by atoms with Gasteiger partial charge in [-0.25, -0.2) is 33.5 Å². The lowest BCUT2D eigenvalue weighted by molar-refractivity contribution is -0.119. The van der Waals surface area contributed by atoms with Gasteiger partial charge in [0.05, 0.1) is 42.8 Å². The number of halogens is 2. The van der Waals surface area contributed by atoms with Gasteiger partial charge in [-0.3, -0.25) is 24.3 Å². The van der Waals surface area contributed by atoms with E-state index in [0.717, 1.165) is 4.90 Å². The summed E-state index contributed by atoms with van der Waals surface area (Å²) >= 11 is 0. The highest BCUT2D eigenvalue weighted by molar-refractivity contribution is 5.98. The van der Waals surface area contributed by atoms with Crippen LogP contribution in [0.25, 0.3) is 11.3 Å². The van der Waals surface area contributed by atoms with Crippen molar-refractivity contribution in [2.24, 2.45) is 11.8 Å². The molecule has 2 unspecified atom stereocenters. The number of aldehydes is 1. The van der Waals surface area contributed by atoms with Crippen LogP contribution in [0, 0.1) is 11.8 Å². The molecule has 3 atom stereocenters. The third-order valence-corrected chi connectivity index (χ3v) is 7.48. The average molecular weight is 583 g/mol. The summed E-state index contributed by atoms with van der Waals surface area (Å²) in [6.45, 7) is 3.48. The minimum Gasteiger partial charge on any atom is -0.340 e. The van der Waals surface area contributed by atoms with E-state index in [-0.39, 0.29) is 49.2 Å². The van der Waals surface area contributed by atoms with Crippen molar-refractivity contribution in [1.29, 1.82) is 0 Å². The van der Waals surface area contributed by atoms with Gasteiger partial charge in [-0.05, 0) is 6.92 Å². The van der Waals surface area contributed by atoms with Crippen molar-refractivity contribution in [2.45, 2.75) is 32.2 Å². The third kappa shape index (κ3) is 5.38. The molecule has 14 nitrogen and oxygen atoms in total. The van der Waals surface area contributed by atoms with E-state index in [9.17, 15) is 28.0 Å². The van der Waals surface area contributed by atoms with Crippen LogP contribution in [0.4, 0.5) is 31.2 Å². The molecule has 2 fully saturated rings. The predicted molar refractivity (Wildman–Crippen MR) is 145 cm³/mol. The molecule has 0 bridgehead atoms. The van der Waals surface area contributed by atoms with Crippen LogP contribution in [0.2, 0.25) is 0 Å². The molecule has 4 heterocycles. The van der Waals surface area contributed by atoms with E-state index in [2.05, 4.69) is 35.6 Å². The Morgan fingerprint density at radius 3 is 2.48 bits per heavy atom. The number of fused-ring (bicyclic) bond motifs is 1. The number of hydrogen-bond donors (Lipinski definition) is 2. The van der Waals surface area contributed by atoms with Crippen molar-refractivity contribution in [3.05, 3.63) is 36.8 Å². The number of urea groups is 1. The van der Waals surface area contributed by atoms with Gasteiger partial charge in [0.1, 0.15) is 11.7 Å². The Morgan fingerprint density at radius 2 is 1.83 bits per heavy atom. The summed E-state index contributed by atoms with van der Waals surface area (Å²) in [6.07, 6.45) is 7.83. The van der Waals surface area contributed by atoms with Crippen LogP contribution in [-0.4, -0.2) is 86.1 Å². The number of nitrogens with zero attached hydrogens (tertiary/aromatic N) is 8. The lowest BCUT2D eigenvalue weighted by Crippen LogP contribution is -2.40. The number of carbonyl (C=O) groups is 4. The molecule has 1 saturated carbocycles. The normalized spacial score (nSPS) is 19.0. The summed E-state index contributed by atoms with van der Waals surface area (Å²) in [6, 6.07) is -1.57. The van der Waals surface area contributed by atoms with Gasteiger partial charge in [0, 0.05) is 44.5 Å². The summed E-state index contributed by atoms with van der Waals surface area (Å²) in [5, 5.41) is 5.11. The highest BCUT2D eigenvalue weighted by Crippen LogP contribution is 2.59. The van der Waals surface area contributed by atoms with E-state index >= 15 is 0 Å². The van der Waals surface area contributed by atoms with Crippen LogP contribution in [0.3, 0.4) is 0 Å². The van der Waals surface area contributed by atoms with Crippen LogP contribution in [0.5, 0.6) is 0 Å². The molecule has 3 amide bonds. The molecular weight excluding hydrogens is 554 g/mol. The van der Waals surface area contributed by atoms with E-state index in [0.29, 0.717) is 23.5 Å². The lowest BCUT2D eigenvalue weighted by atomic mass is 10.2. The molecular formula is C26H28F2N10O4. The zero-order valence-corrected chi connectivity index (χ0v) is 23.0. The summed E-state index contributed by atoms with van der Waals surface area (Å²) in [5.41, 5.74) is 0.859. The van der Waals surface area contributed by atoms with E-state index in [1.54, 1.807) is 11.8 Å². The predicted octanol–water partition coefficient (Wildman–Crippen LogP) is 1.97. The first-order valence-corrected chi connectivity index (χ1v) is 13.2. The van der Waals surface area contributed by atoms with Crippen LogP contribution in [-0.2, 0) is 9.59 Å². The molecule has 1 saturated heterocycles. The molecule has 220 valence electrons. The number of ketones is 1. The highest BCUT2D eigenvalue weighted by Gasteiger charge is 2.72. The Balaban J connectivity index is 1.24. The van der Waals surface area contributed by atoms with Crippen molar-refractivity contribution in [2.75, 3.05) is 41.8 Å². The fourth-order valence-electron chi connectivity index (χ4n) is 4.77. The van der Waals surface area contributed by atoms with Crippen molar-refractivity contribution in [1.82, 2.24) is 34.8 Å². The van der Waals surface area contributed by atoms with E-state index in [1.807, 2.05) is 0 Å². The number of rotatable bonds is 10. The van der Waals surface area contributed by atoms with E-state index in [1.165, 1.54) is 49.7 Å². The molecule has 16 heteroatoms. The molecule has 0 radical (unpaired) electrons. The molecule has 2 aliphatic rings. The minimum absolute atomic E-state index is 0.0102. The number of anilines is 3. The molecule has 3 aromatic rings. The maximum absolute atomic E-state index is 13.5. The van der Waals surface area contributed by atoms with Crippen molar-refractivity contribution < 1.29 is 28.0 Å². The Bertz CT molecular complexity index is 1520. The Hall–Kier alpha value is -4.89. The SMILES string of the molecule is CCC(=O)CNC(=O)N(C)c1ncn([C@@H](C)C(=O)Nc2cncc(-c3cnc(N4CC5C(C4)C5(F)F)nc3)n2)c1C=O. The van der Waals surface area contributed by atoms with Gasteiger partial charge in [-0.1, -0.05) is 6.92 Å². The van der Waals surface area contributed by atoms with Crippen molar-refractivity contribution in [3.8, 4) is 11.3 Å².